The normalized spacial score (nSPS) is 26.9. The quantitative estimate of drug-likeness (QED) is 0.297. The maximum absolute atomic E-state index is 5.43. The molecule has 0 amide bonds. The van der Waals surface area contributed by atoms with Gasteiger partial charge in [0.25, 0.3) is 0 Å². The molecule has 1 aliphatic rings. The molecule has 4 heteroatoms. The molecular formula is C12H26N4. The third-order valence-corrected chi connectivity index (χ3v) is 3.34. The van der Waals surface area contributed by atoms with Gasteiger partial charge in [0.2, 0.25) is 5.96 Å². The predicted octanol–water partition coefficient (Wildman–Crippen LogP) is 1.63. The van der Waals surface area contributed by atoms with E-state index >= 15 is 0 Å². The maximum Gasteiger partial charge on any atom is 0.205 e. The molecule has 0 aromatic heterocycles. The molecule has 0 aliphatic heterocycles. The second-order valence-electron chi connectivity index (χ2n) is 5.15. The van der Waals surface area contributed by atoms with E-state index in [2.05, 4.69) is 36.5 Å². The van der Waals surface area contributed by atoms with E-state index in [1.54, 1.807) is 0 Å². The van der Waals surface area contributed by atoms with E-state index in [1.165, 1.54) is 25.7 Å². The molecule has 1 fully saturated rings. The fraction of sp³-hybridized carbons (Fsp3) is 0.917. The molecule has 0 aromatic carbocycles. The Balaban J connectivity index is 2.42. The Bertz CT molecular complexity index is 225. The van der Waals surface area contributed by atoms with E-state index in [-0.39, 0.29) is 0 Å². The van der Waals surface area contributed by atoms with Gasteiger partial charge in [-0.2, -0.15) is 0 Å². The molecule has 4 N–H and O–H groups in total. The molecule has 2 unspecified atom stereocenters. The van der Waals surface area contributed by atoms with Crippen LogP contribution in [-0.2, 0) is 0 Å². The van der Waals surface area contributed by atoms with Crippen LogP contribution in [0.4, 0.5) is 0 Å². The highest BCUT2D eigenvalue weighted by Crippen LogP contribution is 2.29. The van der Waals surface area contributed by atoms with E-state index < -0.39 is 0 Å². The lowest BCUT2D eigenvalue weighted by Crippen LogP contribution is -2.45. The topological polar surface area (TPSA) is 62.4 Å². The van der Waals surface area contributed by atoms with Crippen molar-refractivity contribution in [2.45, 2.75) is 52.5 Å². The summed E-state index contributed by atoms with van der Waals surface area (Å²) in [5.74, 6) is 7.67. The Morgan fingerprint density at radius 1 is 1.38 bits per heavy atom. The van der Waals surface area contributed by atoms with E-state index in [1.807, 2.05) is 0 Å². The van der Waals surface area contributed by atoms with Gasteiger partial charge in [-0.3, -0.25) is 10.4 Å². The highest BCUT2D eigenvalue weighted by Gasteiger charge is 2.20. The second kappa shape index (κ2) is 6.74. The van der Waals surface area contributed by atoms with Crippen LogP contribution >= 0.6 is 0 Å². The number of nitrogens with zero attached hydrogens (tertiary/aromatic N) is 1. The maximum atomic E-state index is 5.43. The Labute approximate surface area is 99.1 Å². The van der Waals surface area contributed by atoms with Gasteiger partial charge in [0.05, 0.1) is 0 Å². The van der Waals surface area contributed by atoms with Crippen molar-refractivity contribution in [1.29, 1.82) is 0 Å². The molecule has 1 saturated carbocycles. The zero-order valence-electron chi connectivity index (χ0n) is 10.8. The van der Waals surface area contributed by atoms with Crippen LogP contribution in [-0.4, -0.2) is 18.5 Å². The van der Waals surface area contributed by atoms with Crippen molar-refractivity contribution < 1.29 is 0 Å². The van der Waals surface area contributed by atoms with Crippen molar-refractivity contribution in [1.82, 2.24) is 10.7 Å². The van der Waals surface area contributed by atoms with Crippen molar-refractivity contribution in [2.24, 2.45) is 22.7 Å². The lowest BCUT2D eigenvalue weighted by molar-refractivity contribution is 0.263. The molecule has 0 aromatic rings. The van der Waals surface area contributed by atoms with Crippen LogP contribution in [0.1, 0.15) is 46.5 Å². The first-order valence-electron chi connectivity index (χ1n) is 6.41. The first kappa shape index (κ1) is 13.3. The number of nitrogens with two attached hydrogens (primary N) is 1. The van der Waals surface area contributed by atoms with Crippen molar-refractivity contribution in [3.05, 3.63) is 0 Å². The van der Waals surface area contributed by atoms with Crippen LogP contribution < -0.4 is 16.6 Å². The van der Waals surface area contributed by atoms with E-state index in [9.17, 15) is 0 Å². The minimum atomic E-state index is 0.360. The first-order valence-corrected chi connectivity index (χ1v) is 6.41. The highest BCUT2D eigenvalue weighted by atomic mass is 15.3. The average molecular weight is 226 g/mol. The Kier molecular flexibility index (Phi) is 5.60. The number of hydrazine groups is 1. The molecule has 1 aliphatic carbocycles. The summed E-state index contributed by atoms with van der Waals surface area (Å²) in [4.78, 5) is 4.53. The third kappa shape index (κ3) is 4.39. The molecule has 2 atom stereocenters. The average Bonchev–Trinajstić information content (AvgIpc) is 2.25. The Morgan fingerprint density at radius 2 is 2.06 bits per heavy atom. The largest absolute Gasteiger partial charge is 0.353 e. The van der Waals surface area contributed by atoms with E-state index in [4.69, 9.17) is 5.84 Å². The number of rotatable bonds is 3. The lowest BCUT2D eigenvalue weighted by atomic mass is 9.80. The SMILES string of the molecule is CC(C)NC(=NCC1CCCCC1C)NN. The number of aliphatic imine (C=N–C) groups is 1. The summed E-state index contributed by atoms with van der Waals surface area (Å²) >= 11 is 0. The van der Waals surface area contributed by atoms with Crippen molar-refractivity contribution in [2.75, 3.05) is 6.54 Å². The summed E-state index contributed by atoms with van der Waals surface area (Å²) in [5.41, 5.74) is 2.63. The number of hydrogen-bond acceptors (Lipinski definition) is 2. The minimum Gasteiger partial charge on any atom is -0.353 e. The van der Waals surface area contributed by atoms with Crippen molar-refractivity contribution >= 4 is 5.96 Å². The fourth-order valence-corrected chi connectivity index (χ4v) is 2.28. The zero-order chi connectivity index (χ0) is 12.0. The van der Waals surface area contributed by atoms with E-state index in [0.717, 1.165) is 18.4 Å². The number of nitrogens with one attached hydrogen (secondary N) is 2. The third-order valence-electron chi connectivity index (χ3n) is 3.34. The fourth-order valence-electron chi connectivity index (χ4n) is 2.28. The lowest BCUT2D eigenvalue weighted by Gasteiger charge is -2.27. The van der Waals surface area contributed by atoms with E-state index in [0.29, 0.717) is 12.0 Å². The van der Waals surface area contributed by atoms with Gasteiger partial charge in [-0.15, -0.1) is 0 Å². The van der Waals surface area contributed by atoms with Crippen LogP contribution in [0.2, 0.25) is 0 Å². The monoisotopic (exact) mass is 226 g/mol. The van der Waals surface area contributed by atoms with Crippen LogP contribution in [0.25, 0.3) is 0 Å². The highest BCUT2D eigenvalue weighted by molar-refractivity contribution is 5.79. The van der Waals surface area contributed by atoms with Crippen LogP contribution in [0.5, 0.6) is 0 Å². The summed E-state index contributed by atoms with van der Waals surface area (Å²) < 4.78 is 0. The first-order chi connectivity index (χ1) is 7.63. The van der Waals surface area contributed by atoms with Gasteiger partial charge in [-0.05, 0) is 32.1 Å². The van der Waals surface area contributed by atoms with Crippen LogP contribution in [0.15, 0.2) is 4.99 Å². The van der Waals surface area contributed by atoms with Gasteiger partial charge in [0, 0.05) is 12.6 Å². The summed E-state index contributed by atoms with van der Waals surface area (Å²) in [6.45, 7) is 7.39. The molecular weight excluding hydrogens is 200 g/mol. The number of hydrogen-bond donors (Lipinski definition) is 3. The molecule has 0 heterocycles. The molecule has 4 nitrogen and oxygen atoms in total. The predicted molar refractivity (Wildman–Crippen MR) is 69.0 cm³/mol. The van der Waals surface area contributed by atoms with Gasteiger partial charge in [0.15, 0.2) is 0 Å². The van der Waals surface area contributed by atoms with Crippen molar-refractivity contribution in [3.63, 3.8) is 0 Å². The second-order valence-corrected chi connectivity index (χ2v) is 5.15. The van der Waals surface area contributed by atoms with Gasteiger partial charge in [0.1, 0.15) is 0 Å². The molecule has 1 rings (SSSR count). The Hall–Kier alpha value is -0.770. The number of guanidine groups is 1. The standard InChI is InChI=1S/C12H26N4/c1-9(2)15-12(16-13)14-8-11-7-5-4-6-10(11)3/h9-11H,4-8,13H2,1-3H3,(H2,14,15,16). The molecule has 0 bridgehead atoms. The van der Waals surface area contributed by atoms with Crippen LogP contribution in [0.3, 0.4) is 0 Å². The van der Waals surface area contributed by atoms with Gasteiger partial charge in [-0.25, -0.2) is 5.84 Å². The van der Waals surface area contributed by atoms with Gasteiger partial charge >= 0.3 is 0 Å². The summed E-state index contributed by atoms with van der Waals surface area (Å²) in [6, 6.07) is 0.360. The summed E-state index contributed by atoms with van der Waals surface area (Å²) in [6.07, 6.45) is 5.40. The summed E-state index contributed by atoms with van der Waals surface area (Å²) in [7, 11) is 0. The molecule has 16 heavy (non-hydrogen) atoms. The summed E-state index contributed by atoms with van der Waals surface area (Å²) in [5, 5.41) is 3.20. The van der Waals surface area contributed by atoms with Gasteiger partial charge in [-0.1, -0.05) is 26.2 Å². The minimum absolute atomic E-state index is 0.360. The molecule has 0 saturated heterocycles. The zero-order valence-corrected chi connectivity index (χ0v) is 10.8. The van der Waals surface area contributed by atoms with Crippen LogP contribution in [0, 0.1) is 11.8 Å². The Morgan fingerprint density at radius 3 is 2.62 bits per heavy atom. The molecule has 0 spiro atoms. The molecule has 94 valence electrons. The smallest absolute Gasteiger partial charge is 0.205 e. The molecule has 0 radical (unpaired) electrons. The van der Waals surface area contributed by atoms with Gasteiger partial charge < -0.3 is 5.32 Å². The van der Waals surface area contributed by atoms with Crippen molar-refractivity contribution in [3.8, 4) is 0 Å².